The van der Waals surface area contributed by atoms with E-state index in [0.29, 0.717) is 28.4 Å². The number of piperidine rings is 1. The number of hydrogen-bond donors (Lipinski definition) is 1. The molecule has 0 saturated carbocycles. The third-order valence-corrected chi connectivity index (χ3v) is 4.39. The van der Waals surface area contributed by atoms with Crippen molar-refractivity contribution in [2.75, 3.05) is 26.2 Å². The van der Waals surface area contributed by atoms with Gasteiger partial charge in [-0.3, -0.25) is 4.90 Å². The molecule has 1 heterocycles. The molecule has 2 N–H and O–H groups in total. The molecule has 1 atom stereocenters. The average molecular weight is 317 g/mol. The normalized spacial score (nSPS) is 20.1. The van der Waals surface area contributed by atoms with Crippen LogP contribution in [0.1, 0.15) is 25.7 Å². The second-order valence-electron chi connectivity index (χ2n) is 5.16. The van der Waals surface area contributed by atoms with Crippen molar-refractivity contribution < 1.29 is 4.74 Å². The third kappa shape index (κ3) is 4.26. The molecule has 3 nitrogen and oxygen atoms in total. The van der Waals surface area contributed by atoms with E-state index in [1.165, 1.54) is 19.3 Å². The van der Waals surface area contributed by atoms with Crippen LogP contribution in [0.4, 0.5) is 0 Å². The van der Waals surface area contributed by atoms with Crippen LogP contribution in [0.3, 0.4) is 0 Å². The molecule has 1 fully saturated rings. The first-order chi connectivity index (χ1) is 9.72. The molecule has 1 aliphatic rings. The van der Waals surface area contributed by atoms with Crippen LogP contribution in [-0.4, -0.2) is 37.2 Å². The summed E-state index contributed by atoms with van der Waals surface area (Å²) in [4.78, 5) is 2.47. The van der Waals surface area contributed by atoms with Crippen molar-refractivity contribution in [3.63, 3.8) is 0 Å². The number of likely N-dealkylation sites (tertiary alicyclic amines) is 1. The molecule has 1 aliphatic heterocycles. The fourth-order valence-corrected chi connectivity index (χ4v) is 3.27. The summed E-state index contributed by atoms with van der Waals surface area (Å²) in [6.45, 7) is 3.37. The Balaban J connectivity index is 1.85. The standard InChI is InChI=1S/C15H22Cl2N2O/c16-13-5-3-6-14(17)15(13)20-11-10-19-9-2-1-4-12(19)7-8-18/h3,5-6,12H,1-2,4,7-11,18H2. The zero-order valence-corrected chi connectivity index (χ0v) is 13.2. The van der Waals surface area contributed by atoms with Crippen LogP contribution in [-0.2, 0) is 0 Å². The highest BCUT2D eigenvalue weighted by atomic mass is 35.5. The van der Waals surface area contributed by atoms with E-state index in [2.05, 4.69) is 4.90 Å². The van der Waals surface area contributed by atoms with E-state index in [1.807, 2.05) is 6.07 Å². The van der Waals surface area contributed by atoms with Crippen LogP contribution in [0.25, 0.3) is 0 Å². The van der Waals surface area contributed by atoms with E-state index in [9.17, 15) is 0 Å². The molecule has 0 aliphatic carbocycles. The molecule has 1 aromatic carbocycles. The molecule has 1 saturated heterocycles. The Morgan fingerprint density at radius 3 is 2.70 bits per heavy atom. The number of halogens is 2. The van der Waals surface area contributed by atoms with Crippen LogP contribution in [0, 0.1) is 0 Å². The molecular weight excluding hydrogens is 295 g/mol. The van der Waals surface area contributed by atoms with Gasteiger partial charge in [-0.2, -0.15) is 0 Å². The molecule has 2 rings (SSSR count). The van der Waals surface area contributed by atoms with Crippen molar-refractivity contribution in [2.45, 2.75) is 31.7 Å². The fourth-order valence-electron chi connectivity index (χ4n) is 2.76. The predicted molar refractivity (Wildman–Crippen MR) is 84.8 cm³/mol. The Labute approximate surface area is 131 Å². The second kappa shape index (κ2) is 8.08. The first-order valence-electron chi connectivity index (χ1n) is 7.23. The predicted octanol–water partition coefficient (Wildman–Crippen LogP) is 3.58. The zero-order chi connectivity index (χ0) is 14.4. The Kier molecular flexibility index (Phi) is 6.43. The molecule has 0 radical (unpaired) electrons. The number of rotatable bonds is 6. The van der Waals surface area contributed by atoms with Crippen LogP contribution in [0.15, 0.2) is 18.2 Å². The number of ether oxygens (including phenoxy) is 1. The summed E-state index contributed by atoms with van der Waals surface area (Å²) >= 11 is 12.2. The van der Waals surface area contributed by atoms with E-state index < -0.39 is 0 Å². The Morgan fingerprint density at radius 2 is 2.00 bits per heavy atom. The zero-order valence-electron chi connectivity index (χ0n) is 11.7. The molecule has 0 aromatic heterocycles. The van der Waals surface area contributed by atoms with E-state index in [0.717, 1.165) is 26.1 Å². The van der Waals surface area contributed by atoms with Crippen LogP contribution in [0.5, 0.6) is 5.75 Å². The van der Waals surface area contributed by atoms with E-state index in [1.54, 1.807) is 12.1 Å². The van der Waals surface area contributed by atoms with Gasteiger partial charge in [-0.15, -0.1) is 0 Å². The highest BCUT2D eigenvalue weighted by Crippen LogP contribution is 2.32. The van der Waals surface area contributed by atoms with Gasteiger partial charge in [0.05, 0.1) is 10.0 Å². The minimum Gasteiger partial charge on any atom is -0.489 e. The quantitative estimate of drug-likeness (QED) is 0.871. The van der Waals surface area contributed by atoms with Gasteiger partial charge in [0.2, 0.25) is 0 Å². The lowest BCUT2D eigenvalue weighted by molar-refractivity contribution is 0.118. The maximum absolute atomic E-state index is 6.09. The van der Waals surface area contributed by atoms with Gasteiger partial charge < -0.3 is 10.5 Å². The van der Waals surface area contributed by atoms with Gasteiger partial charge >= 0.3 is 0 Å². The van der Waals surface area contributed by atoms with E-state index in [-0.39, 0.29) is 0 Å². The maximum Gasteiger partial charge on any atom is 0.156 e. The molecule has 5 heteroatoms. The van der Waals surface area contributed by atoms with Crippen molar-refractivity contribution in [2.24, 2.45) is 5.73 Å². The highest BCUT2D eigenvalue weighted by Gasteiger charge is 2.21. The SMILES string of the molecule is NCCC1CCCCN1CCOc1c(Cl)cccc1Cl. The second-order valence-corrected chi connectivity index (χ2v) is 5.98. The third-order valence-electron chi connectivity index (χ3n) is 3.79. The minimum atomic E-state index is 0.564. The first kappa shape index (κ1) is 15.9. The minimum absolute atomic E-state index is 0.564. The summed E-state index contributed by atoms with van der Waals surface area (Å²) in [6.07, 6.45) is 4.86. The van der Waals surface area contributed by atoms with Gasteiger partial charge in [0.15, 0.2) is 5.75 Å². The van der Waals surface area contributed by atoms with E-state index >= 15 is 0 Å². The number of nitrogens with zero attached hydrogens (tertiary/aromatic N) is 1. The molecule has 1 aromatic rings. The van der Waals surface area contributed by atoms with Gasteiger partial charge in [0.25, 0.3) is 0 Å². The number of benzene rings is 1. The molecule has 112 valence electrons. The van der Waals surface area contributed by atoms with Crippen molar-refractivity contribution in [1.82, 2.24) is 4.90 Å². The maximum atomic E-state index is 6.09. The van der Waals surface area contributed by atoms with Gasteiger partial charge in [-0.1, -0.05) is 35.7 Å². The summed E-state index contributed by atoms with van der Waals surface area (Å²) in [5.41, 5.74) is 5.69. The molecular formula is C15H22Cl2N2O. The number of hydrogen-bond acceptors (Lipinski definition) is 3. The molecule has 0 amide bonds. The van der Waals surface area contributed by atoms with Crippen molar-refractivity contribution in [1.29, 1.82) is 0 Å². The van der Waals surface area contributed by atoms with Gasteiger partial charge in [0.1, 0.15) is 6.61 Å². The number of para-hydroxylation sites is 1. The first-order valence-corrected chi connectivity index (χ1v) is 7.99. The lowest BCUT2D eigenvalue weighted by Crippen LogP contribution is -2.42. The summed E-state index contributed by atoms with van der Waals surface area (Å²) in [7, 11) is 0. The van der Waals surface area contributed by atoms with Gasteiger partial charge in [0, 0.05) is 12.6 Å². The largest absolute Gasteiger partial charge is 0.489 e. The molecule has 20 heavy (non-hydrogen) atoms. The number of nitrogens with two attached hydrogens (primary N) is 1. The summed E-state index contributed by atoms with van der Waals surface area (Å²) in [5.74, 6) is 0.586. The smallest absolute Gasteiger partial charge is 0.156 e. The lowest BCUT2D eigenvalue weighted by Gasteiger charge is -2.35. The fraction of sp³-hybridized carbons (Fsp3) is 0.600. The Morgan fingerprint density at radius 1 is 1.25 bits per heavy atom. The van der Waals surface area contributed by atoms with Gasteiger partial charge in [-0.05, 0) is 44.5 Å². The van der Waals surface area contributed by atoms with Gasteiger partial charge in [-0.25, -0.2) is 0 Å². The Hall–Kier alpha value is -0.480. The van der Waals surface area contributed by atoms with Crippen LogP contribution < -0.4 is 10.5 Å². The highest BCUT2D eigenvalue weighted by molar-refractivity contribution is 6.37. The summed E-state index contributed by atoms with van der Waals surface area (Å²) < 4.78 is 5.76. The topological polar surface area (TPSA) is 38.5 Å². The lowest BCUT2D eigenvalue weighted by atomic mass is 9.99. The van der Waals surface area contributed by atoms with Crippen LogP contribution >= 0.6 is 23.2 Å². The molecule has 0 bridgehead atoms. The van der Waals surface area contributed by atoms with Crippen LogP contribution in [0.2, 0.25) is 10.0 Å². The summed E-state index contributed by atoms with van der Waals surface area (Å²) in [5, 5.41) is 1.13. The van der Waals surface area contributed by atoms with Crippen molar-refractivity contribution in [3.8, 4) is 5.75 Å². The Bertz CT molecular complexity index is 406. The van der Waals surface area contributed by atoms with Crippen molar-refractivity contribution in [3.05, 3.63) is 28.2 Å². The van der Waals surface area contributed by atoms with E-state index in [4.69, 9.17) is 33.7 Å². The van der Waals surface area contributed by atoms with Crippen molar-refractivity contribution >= 4 is 23.2 Å². The molecule has 1 unspecified atom stereocenters. The average Bonchev–Trinajstić information content (AvgIpc) is 2.44. The monoisotopic (exact) mass is 316 g/mol. The summed E-state index contributed by atoms with van der Waals surface area (Å²) in [6, 6.07) is 6.00. The molecule has 0 spiro atoms.